The molecule has 0 amide bonds. The lowest BCUT2D eigenvalue weighted by Crippen LogP contribution is -2.42. The lowest BCUT2D eigenvalue weighted by atomic mass is 9.65. The predicted octanol–water partition coefficient (Wildman–Crippen LogP) is 1.25. The summed E-state index contributed by atoms with van der Waals surface area (Å²) >= 11 is 0. The molecule has 1 aromatic rings. The molecule has 0 radical (unpaired) electrons. The fourth-order valence-electron chi connectivity index (χ4n) is 5.64. The fraction of sp³-hybridized carbons (Fsp3) is 0.500. The number of aliphatic hydroxyl groups excluding tert-OH is 1. The van der Waals surface area contributed by atoms with E-state index in [0.717, 1.165) is 36.3 Å². The Bertz CT molecular complexity index is 744. The van der Waals surface area contributed by atoms with E-state index in [1.807, 2.05) is 6.07 Å². The van der Waals surface area contributed by atoms with Crippen LogP contribution in [-0.2, 0) is 14.9 Å². The van der Waals surface area contributed by atoms with Gasteiger partial charge in [-0.15, -0.1) is 0 Å². The van der Waals surface area contributed by atoms with Crippen LogP contribution >= 0.6 is 0 Å². The minimum atomic E-state index is -0.254. The molecular weight excluding hydrogens is 292 g/mol. The van der Waals surface area contributed by atoms with E-state index in [1.54, 1.807) is 0 Å². The van der Waals surface area contributed by atoms with Crippen LogP contribution in [0.15, 0.2) is 35.5 Å². The van der Waals surface area contributed by atoms with Crippen molar-refractivity contribution in [3.63, 3.8) is 0 Å². The van der Waals surface area contributed by atoms with E-state index in [-0.39, 0.29) is 30.0 Å². The first-order valence-electron chi connectivity index (χ1n) is 8.28. The van der Waals surface area contributed by atoms with Gasteiger partial charge in [0.15, 0.2) is 0 Å². The monoisotopic (exact) mass is 312 g/mol. The van der Waals surface area contributed by atoms with Gasteiger partial charge >= 0.3 is 5.97 Å². The number of methoxy groups -OCH3 is 1. The number of rotatable bonds is 2. The number of hydrogen-bond donors (Lipinski definition) is 2. The highest BCUT2D eigenvalue weighted by Gasteiger charge is 2.65. The highest BCUT2D eigenvalue weighted by molar-refractivity contribution is 5.94. The zero-order valence-corrected chi connectivity index (χ0v) is 13.1. The Labute approximate surface area is 134 Å². The van der Waals surface area contributed by atoms with Crippen molar-refractivity contribution in [2.45, 2.75) is 30.3 Å². The summed E-state index contributed by atoms with van der Waals surface area (Å²) in [6.07, 6.45) is 1.91. The highest BCUT2D eigenvalue weighted by Crippen LogP contribution is 2.62. The van der Waals surface area contributed by atoms with Crippen molar-refractivity contribution in [2.75, 3.05) is 25.6 Å². The standard InChI is InChI=1S/C18H20N2O3/c1-23-17(22)15-10-8-14-18(6-7-20(14)13(10)9-21)11-4-2-3-5-12(11)19-16(15)18/h2-5,10,13-14,19,21H,6-9H2,1H3/t10-,13+,14-,18+/m0/s1. The summed E-state index contributed by atoms with van der Waals surface area (Å²) in [7, 11) is 1.44. The number of nitrogens with zero attached hydrogens (tertiary/aromatic N) is 1. The summed E-state index contributed by atoms with van der Waals surface area (Å²) in [5, 5.41) is 13.5. The lowest BCUT2D eigenvalue weighted by molar-refractivity contribution is -0.137. The number of carbonyl (C=O) groups excluding carboxylic acids is 1. The smallest absolute Gasteiger partial charge is 0.335 e. The summed E-state index contributed by atoms with van der Waals surface area (Å²) in [5.74, 6) is -0.196. The molecule has 2 saturated heterocycles. The Morgan fingerprint density at radius 2 is 2.30 bits per heavy atom. The molecule has 5 rings (SSSR count). The molecule has 5 heteroatoms. The first-order chi connectivity index (χ1) is 11.2. The fourth-order valence-corrected chi connectivity index (χ4v) is 5.64. The molecule has 4 atom stereocenters. The summed E-state index contributed by atoms with van der Waals surface area (Å²) in [4.78, 5) is 15.0. The average molecular weight is 312 g/mol. The largest absolute Gasteiger partial charge is 0.466 e. The second kappa shape index (κ2) is 4.36. The molecule has 3 heterocycles. The van der Waals surface area contributed by atoms with E-state index in [1.165, 1.54) is 12.7 Å². The van der Waals surface area contributed by atoms with Gasteiger partial charge in [-0.1, -0.05) is 18.2 Å². The van der Waals surface area contributed by atoms with Gasteiger partial charge in [-0.05, 0) is 24.5 Å². The molecule has 0 aromatic heterocycles. The quantitative estimate of drug-likeness (QED) is 0.805. The van der Waals surface area contributed by atoms with Crippen molar-refractivity contribution in [1.29, 1.82) is 0 Å². The number of benzene rings is 1. The maximum Gasteiger partial charge on any atom is 0.335 e. The van der Waals surface area contributed by atoms with Gasteiger partial charge in [0.25, 0.3) is 0 Å². The molecule has 2 N–H and O–H groups in total. The SMILES string of the molecule is COC(=O)C1=C2Nc3ccccc3[C@@]23CCN2[C@H](CO)[C@@H]1C[C@H]23. The normalized spacial score (nSPS) is 36.7. The Hall–Kier alpha value is -1.85. The Morgan fingerprint density at radius 3 is 3.09 bits per heavy atom. The first kappa shape index (κ1) is 13.6. The van der Waals surface area contributed by atoms with Gasteiger partial charge in [-0.3, -0.25) is 4.90 Å². The van der Waals surface area contributed by atoms with Gasteiger partial charge in [-0.2, -0.15) is 0 Å². The van der Waals surface area contributed by atoms with Crippen LogP contribution in [0.5, 0.6) is 0 Å². The highest BCUT2D eigenvalue weighted by atomic mass is 16.5. The number of nitrogens with one attached hydrogen (secondary N) is 1. The number of anilines is 1. The predicted molar refractivity (Wildman–Crippen MR) is 84.9 cm³/mol. The Balaban J connectivity index is 1.80. The van der Waals surface area contributed by atoms with Crippen molar-refractivity contribution < 1.29 is 14.6 Å². The van der Waals surface area contributed by atoms with E-state index in [4.69, 9.17) is 4.74 Å². The topological polar surface area (TPSA) is 61.8 Å². The number of para-hydroxylation sites is 1. The van der Waals surface area contributed by atoms with Gasteiger partial charge in [0.1, 0.15) is 0 Å². The summed E-state index contributed by atoms with van der Waals surface area (Å²) in [6, 6.07) is 8.76. The van der Waals surface area contributed by atoms with Crippen LogP contribution < -0.4 is 5.32 Å². The molecule has 4 aliphatic rings. The number of ether oxygens (including phenoxy) is 1. The number of esters is 1. The summed E-state index contributed by atoms with van der Waals surface area (Å²) in [5.41, 5.74) is 4.05. The summed E-state index contributed by atoms with van der Waals surface area (Å²) in [6.45, 7) is 1.06. The maximum atomic E-state index is 12.6. The number of fused-ring (bicyclic) bond motifs is 2. The van der Waals surface area contributed by atoms with Gasteiger partial charge in [0.05, 0.1) is 24.7 Å². The number of aliphatic hydroxyl groups is 1. The third kappa shape index (κ3) is 1.39. The van der Waals surface area contributed by atoms with Gasteiger partial charge < -0.3 is 15.2 Å². The minimum Gasteiger partial charge on any atom is -0.466 e. The van der Waals surface area contributed by atoms with Gasteiger partial charge in [0.2, 0.25) is 0 Å². The van der Waals surface area contributed by atoms with E-state index in [9.17, 15) is 9.90 Å². The zero-order chi connectivity index (χ0) is 15.8. The van der Waals surface area contributed by atoms with E-state index < -0.39 is 0 Å². The molecule has 1 spiro atoms. The Morgan fingerprint density at radius 1 is 1.48 bits per heavy atom. The first-order valence-corrected chi connectivity index (χ1v) is 8.28. The van der Waals surface area contributed by atoms with E-state index in [2.05, 4.69) is 28.4 Å². The van der Waals surface area contributed by atoms with Crippen molar-refractivity contribution >= 4 is 11.7 Å². The van der Waals surface area contributed by atoms with Crippen LogP contribution in [-0.4, -0.2) is 48.3 Å². The molecule has 120 valence electrons. The van der Waals surface area contributed by atoms with Crippen LogP contribution in [0, 0.1) is 5.92 Å². The Kier molecular flexibility index (Phi) is 2.58. The lowest BCUT2D eigenvalue weighted by Gasteiger charge is -2.37. The molecule has 0 unspecified atom stereocenters. The van der Waals surface area contributed by atoms with E-state index in [0.29, 0.717) is 6.04 Å². The molecule has 3 aliphatic heterocycles. The van der Waals surface area contributed by atoms with Crippen molar-refractivity contribution in [2.24, 2.45) is 5.92 Å². The average Bonchev–Trinajstić information content (AvgIpc) is 3.20. The number of hydrogen-bond acceptors (Lipinski definition) is 5. The third-order valence-electron chi connectivity index (χ3n) is 6.45. The van der Waals surface area contributed by atoms with Crippen LogP contribution in [0.2, 0.25) is 0 Å². The maximum absolute atomic E-state index is 12.6. The molecular formula is C18H20N2O3. The van der Waals surface area contributed by atoms with Crippen molar-refractivity contribution in [3.8, 4) is 0 Å². The molecule has 1 aliphatic carbocycles. The molecule has 2 bridgehead atoms. The second-order valence-corrected chi connectivity index (χ2v) is 7.02. The van der Waals surface area contributed by atoms with Crippen LogP contribution in [0.1, 0.15) is 18.4 Å². The second-order valence-electron chi connectivity index (χ2n) is 7.02. The minimum absolute atomic E-state index is 0.0283. The number of carbonyl (C=O) groups is 1. The molecule has 0 saturated carbocycles. The third-order valence-corrected chi connectivity index (χ3v) is 6.45. The van der Waals surface area contributed by atoms with Crippen molar-refractivity contribution in [1.82, 2.24) is 4.90 Å². The van der Waals surface area contributed by atoms with Crippen molar-refractivity contribution in [3.05, 3.63) is 41.1 Å². The zero-order valence-electron chi connectivity index (χ0n) is 13.1. The molecule has 1 aromatic carbocycles. The van der Waals surface area contributed by atoms with E-state index >= 15 is 0 Å². The molecule has 5 nitrogen and oxygen atoms in total. The molecule has 2 fully saturated rings. The van der Waals surface area contributed by atoms with Crippen LogP contribution in [0.4, 0.5) is 5.69 Å². The van der Waals surface area contributed by atoms with Gasteiger partial charge in [0, 0.05) is 35.9 Å². The van der Waals surface area contributed by atoms with Crippen LogP contribution in [0.3, 0.4) is 0 Å². The molecule has 23 heavy (non-hydrogen) atoms. The van der Waals surface area contributed by atoms with Crippen LogP contribution in [0.25, 0.3) is 0 Å². The van der Waals surface area contributed by atoms with Gasteiger partial charge in [-0.25, -0.2) is 4.79 Å². The summed E-state index contributed by atoms with van der Waals surface area (Å²) < 4.78 is 5.11.